The van der Waals surface area contributed by atoms with Crippen molar-refractivity contribution in [2.45, 2.75) is 141 Å². The monoisotopic (exact) mass is 427 g/mol. The van der Waals surface area contributed by atoms with E-state index in [0.29, 0.717) is 0 Å². The van der Waals surface area contributed by atoms with Crippen LogP contribution >= 0.6 is 0 Å². The molecule has 3 saturated heterocycles. The van der Waals surface area contributed by atoms with Crippen LogP contribution in [0, 0.1) is 0 Å². The average Bonchev–Trinajstić information content (AvgIpc) is 3.16. The molecule has 0 spiro atoms. The van der Waals surface area contributed by atoms with Crippen molar-refractivity contribution in [2.24, 2.45) is 0 Å². The summed E-state index contributed by atoms with van der Waals surface area (Å²) in [7, 11) is 0. The number of nitrogens with one attached hydrogen (secondary N) is 1. The van der Waals surface area contributed by atoms with Gasteiger partial charge in [0.25, 0.3) is 0 Å². The molecule has 3 heterocycles. The molecule has 30 heavy (non-hydrogen) atoms. The van der Waals surface area contributed by atoms with Gasteiger partial charge in [-0.1, -0.05) is 64.7 Å². The van der Waals surface area contributed by atoms with E-state index in [1.54, 1.807) is 0 Å². The second kappa shape index (κ2) is 11.1. The number of fused-ring (bicyclic) bond motifs is 3. The Kier molecular flexibility index (Phi) is 9.00. The Morgan fingerprint density at radius 3 is 1.83 bits per heavy atom. The third-order valence-corrected chi connectivity index (χ3v) is 6.30. The van der Waals surface area contributed by atoms with E-state index in [0.717, 1.165) is 13.1 Å². The van der Waals surface area contributed by atoms with Crippen LogP contribution in [0.3, 0.4) is 0 Å². The van der Waals surface area contributed by atoms with Crippen LogP contribution in [-0.4, -0.2) is 55.4 Å². The van der Waals surface area contributed by atoms with E-state index < -0.39 is 17.9 Å². The van der Waals surface area contributed by atoms with Gasteiger partial charge >= 0.3 is 0 Å². The fourth-order valence-electron chi connectivity index (χ4n) is 4.84. The lowest BCUT2D eigenvalue weighted by Gasteiger charge is -2.37. The summed E-state index contributed by atoms with van der Waals surface area (Å²) in [6.07, 6.45) is 12.5. The summed E-state index contributed by atoms with van der Waals surface area (Å²) in [5.74, 6) is -1.28. The first-order chi connectivity index (χ1) is 14.3. The molecule has 0 aromatic rings. The van der Waals surface area contributed by atoms with E-state index in [-0.39, 0.29) is 24.4 Å². The zero-order valence-electron chi connectivity index (χ0n) is 19.9. The summed E-state index contributed by atoms with van der Waals surface area (Å²) >= 11 is 0. The Morgan fingerprint density at radius 1 is 0.633 bits per heavy atom. The molecule has 4 unspecified atom stereocenters. The maximum Gasteiger partial charge on any atom is 0.190 e. The highest BCUT2D eigenvalue weighted by molar-refractivity contribution is 5.00. The van der Waals surface area contributed by atoms with Crippen molar-refractivity contribution in [3.8, 4) is 0 Å². The minimum atomic E-state index is -0.658. The third-order valence-electron chi connectivity index (χ3n) is 6.30. The van der Waals surface area contributed by atoms with Crippen LogP contribution < -0.4 is 5.32 Å². The predicted molar refractivity (Wildman–Crippen MR) is 117 cm³/mol. The lowest BCUT2D eigenvalue weighted by molar-refractivity contribution is -0.232. The molecule has 6 nitrogen and oxygen atoms in total. The molecule has 5 atom stereocenters. The molecule has 0 saturated carbocycles. The van der Waals surface area contributed by atoms with Gasteiger partial charge in [0.2, 0.25) is 0 Å². The van der Waals surface area contributed by atoms with Gasteiger partial charge in [-0.3, -0.25) is 0 Å². The van der Waals surface area contributed by atoms with Crippen LogP contribution in [0.4, 0.5) is 0 Å². The Labute approximate surface area is 183 Å². The van der Waals surface area contributed by atoms with Crippen LogP contribution in [0.1, 0.15) is 98.8 Å². The molecule has 3 aliphatic rings. The molecule has 0 aromatic carbocycles. The fourth-order valence-corrected chi connectivity index (χ4v) is 4.84. The summed E-state index contributed by atoms with van der Waals surface area (Å²) in [6, 6.07) is 0. The van der Waals surface area contributed by atoms with Crippen molar-refractivity contribution in [1.82, 2.24) is 5.32 Å². The quantitative estimate of drug-likeness (QED) is 0.422. The Balaban J connectivity index is 1.31. The van der Waals surface area contributed by atoms with E-state index >= 15 is 0 Å². The zero-order valence-corrected chi connectivity index (χ0v) is 19.9. The van der Waals surface area contributed by atoms with Gasteiger partial charge in [-0.25, -0.2) is 0 Å². The number of hydrogen-bond acceptors (Lipinski definition) is 6. The van der Waals surface area contributed by atoms with Crippen LogP contribution in [0.25, 0.3) is 0 Å². The summed E-state index contributed by atoms with van der Waals surface area (Å²) in [6.45, 7) is 11.8. The topological polar surface area (TPSA) is 58.2 Å². The molecule has 0 radical (unpaired) electrons. The summed E-state index contributed by atoms with van der Waals surface area (Å²) in [5, 5.41) is 3.56. The highest BCUT2D eigenvalue weighted by atomic mass is 16.9. The first-order valence-corrected chi connectivity index (χ1v) is 12.4. The minimum Gasteiger partial charge on any atom is -0.342 e. The first kappa shape index (κ1) is 24.4. The number of hydrogen-bond donors (Lipinski definition) is 1. The van der Waals surface area contributed by atoms with Crippen LogP contribution in [0.15, 0.2) is 0 Å². The smallest absolute Gasteiger partial charge is 0.190 e. The van der Waals surface area contributed by atoms with E-state index in [1.165, 1.54) is 64.2 Å². The maximum atomic E-state index is 6.24. The van der Waals surface area contributed by atoms with Gasteiger partial charge in [-0.15, -0.1) is 0 Å². The zero-order chi connectivity index (χ0) is 21.6. The summed E-state index contributed by atoms with van der Waals surface area (Å²) < 4.78 is 30.6. The SMILES string of the molecule is CCCCCCCCCCCCNC[C@H]1OC2OC(C)(C)OC2C2OC(C)(C)OC21. The molecule has 0 amide bonds. The van der Waals surface area contributed by atoms with E-state index in [2.05, 4.69) is 12.2 Å². The maximum absolute atomic E-state index is 6.24. The summed E-state index contributed by atoms with van der Waals surface area (Å²) in [4.78, 5) is 0. The van der Waals surface area contributed by atoms with Crippen LogP contribution in [0.2, 0.25) is 0 Å². The summed E-state index contributed by atoms with van der Waals surface area (Å²) in [5.41, 5.74) is 0. The number of unbranched alkanes of at least 4 members (excludes halogenated alkanes) is 9. The van der Waals surface area contributed by atoms with Crippen LogP contribution in [-0.2, 0) is 23.7 Å². The second-order valence-electron chi connectivity index (χ2n) is 10.1. The van der Waals surface area contributed by atoms with E-state index in [9.17, 15) is 0 Å². The largest absolute Gasteiger partial charge is 0.342 e. The van der Waals surface area contributed by atoms with Crippen molar-refractivity contribution in [1.29, 1.82) is 0 Å². The van der Waals surface area contributed by atoms with E-state index in [4.69, 9.17) is 23.7 Å². The second-order valence-corrected chi connectivity index (χ2v) is 10.1. The average molecular weight is 428 g/mol. The van der Waals surface area contributed by atoms with Crippen LogP contribution in [0.5, 0.6) is 0 Å². The minimum absolute atomic E-state index is 0.0985. The molecule has 3 fully saturated rings. The highest BCUT2D eigenvalue weighted by Crippen LogP contribution is 2.43. The molecule has 176 valence electrons. The molecular formula is C24H45NO5. The Hall–Kier alpha value is -0.240. The van der Waals surface area contributed by atoms with Crippen molar-refractivity contribution in [3.63, 3.8) is 0 Å². The van der Waals surface area contributed by atoms with Gasteiger partial charge in [0.05, 0.1) is 0 Å². The normalized spacial score (nSPS) is 34.1. The molecule has 0 aliphatic carbocycles. The van der Waals surface area contributed by atoms with Crippen molar-refractivity contribution >= 4 is 0 Å². The lowest BCUT2D eigenvalue weighted by Crippen LogP contribution is -2.57. The van der Waals surface area contributed by atoms with Gasteiger partial charge in [0.15, 0.2) is 17.9 Å². The number of ether oxygens (including phenoxy) is 5. The molecule has 0 bridgehead atoms. The van der Waals surface area contributed by atoms with Crippen molar-refractivity contribution in [3.05, 3.63) is 0 Å². The molecule has 3 aliphatic heterocycles. The van der Waals surface area contributed by atoms with Crippen molar-refractivity contribution in [2.75, 3.05) is 13.1 Å². The van der Waals surface area contributed by atoms with E-state index in [1.807, 2.05) is 27.7 Å². The van der Waals surface area contributed by atoms with Gasteiger partial charge in [0.1, 0.15) is 24.4 Å². The molecule has 3 rings (SSSR count). The van der Waals surface area contributed by atoms with Gasteiger partial charge < -0.3 is 29.0 Å². The first-order valence-electron chi connectivity index (χ1n) is 12.4. The molecule has 1 N–H and O–H groups in total. The fraction of sp³-hybridized carbons (Fsp3) is 1.00. The molecular weight excluding hydrogens is 382 g/mol. The molecule has 0 aromatic heterocycles. The lowest BCUT2D eigenvalue weighted by atomic mass is 9.99. The van der Waals surface area contributed by atoms with Gasteiger partial charge in [-0.2, -0.15) is 0 Å². The van der Waals surface area contributed by atoms with Gasteiger partial charge in [0, 0.05) is 6.54 Å². The predicted octanol–water partition coefficient (Wildman–Crippen LogP) is 4.89. The van der Waals surface area contributed by atoms with Gasteiger partial charge in [-0.05, 0) is 40.7 Å². The Morgan fingerprint density at radius 2 is 1.17 bits per heavy atom. The molecule has 6 heteroatoms. The standard InChI is InChI=1S/C24H45NO5/c1-6-7-8-9-10-11-12-13-14-15-16-25-17-18-19-20(28-23(2,3)27-19)21-22(26-18)30-24(4,5)29-21/h18-22,25H,6-17H2,1-5H3/t18-,19?,20?,21?,22?/m1/s1. The third kappa shape index (κ3) is 6.88. The highest BCUT2D eigenvalue weighted by Gasteiger charge is 2.60. The Bertz CT molecular complexity index is 512. The number of rotatable bonds is 13. The van der Waals surface area contributed by atoms with Crippen molar-refractivity contribution < 1.29 is 23.7 Å².